The molecule has 0 unspecified atom stereocenters. The number of ether oxygens (including phenoxy) is 1. The van der Waals surface area contributed by atoms with Crippen molar-refractivity contribution in [3.8, 4) is 0 Å². The van der Waals surface area contributed by atoms with E-state index in [1.165, 1.54) is 12.0 Å². The molecule has 0 radical (unpaired) electrons. The summed E-state index contributed by atoms with van der Waals surface area (Å²) in [6, 6.07) is 0. The van der Waals surface area contributed by atoms with E-state index in [0.29, 0.717) is 12.0 Å². The maximum atomic E-state index is 6.29. The molecule has 0 aromatic carbocycles. The molecule has 0 N–H and O–H groups in total. The average molecular weight is 319 g/mol. The van der Waals surface area contributed by atoms with Crippen LogP contribution in [0, 0.1) is 19.8 Å². The van der Waals surface area contributed by atoms with Crippen LogP contribution >= 0.6 is 11.3 Å². The largest absolute Gasteiger partial charge is 0.366 e. The van der Waals surface area contributed by atoms with Crippen molar-refractivity contribution < 1.29 is 9.26 Å². The van der Waals surface area contributed by atoms with Gasteiger partial charge in [-0.2, -0.15) is 0 Å². The normalized spacial score (nSPS) is 28.9. The smallest absolute Gasteiger partial charge is 0.138 e. The van der Waals surface area contributed by atoms with E-state index in [-0.39, 0.29) is 6.10 Å². The summed E-state index contributed by atoms with van der Waals surface area (Å²) in [5.74, 6) is 1.61. The topological polar surface area (TPSA) is 51.4 Å². The summed E-state index contributed by atoms with van der Waals surface area (Å²) >= 11 is 1.70. The third-order valence-electron chi connectivity index (χ3n) is 4.93. The second kappa shape index (κ2) is 5.76. The number of hydrogen-bond donors (Lipinski definition) is 0. The lowest BCUT2D eigenvalue weighted by molar-refractivity contribution is -0.00952. The molecule has 0 saturated carbocycles. The summed E-state index contributed by atoms with van der Waals surface area (Å²) in [5, 5.41) is 7.22. The Balaban J connectivity index is 1.42. The highest BCUT2D eigenvalue weighted by Crippen LogP contribution is 2.41. The summed E-state index contributed by atoms with van der Waals surface area (Å²) < 4.78 is 11.6. The van der Waals surface area contributed by atoms with Crippen LogP contribution < -0.4 is 0 Å². The molecule has 2 aromatic heterocycles. The highest BCUT2D eigenvalue weighted by atomic mass is 32.1. The van der Waals surface area contributed by atoms with Crippen LogP contribution in [0.2, 0.25) is 0 Å². The Hall–Kier alpha value is -1.24. The lowest BCUT2D eigenvalue weighted by Gasteiger charge is -2.33. The molecule has 2 aliphatic rings. The summed E-state index contributed by atoms with van der Waals surface area (Å²) in [6.45, 7) is 7.04. The van der Waals surface area contributed by atoms with E-state index in [9.17, 15) is 0 Å². The lowest BCUT2D eigenvalue weighted by Crippen LogP contribution is -2.41. The molecular formula is C16H21N3O2S. The fourth-order valence-electron chi connectivity index (χ4n) is 3.64. The molecule has 0 amide bonds. The minimum Gasteiger partial charge on any atom is -0.366 e. The van der Waals surface area contributed by atoms with Gasteiger partial charge in [0.15, 0.2) is 0 Å². The standard InChI is InChI=1S/C16H21N3O2S/c1-10-13(11(2)21-18-10)8-19-5-3-12-7-14(20-15(12)9-19)16-17-4-6-22-16/h4,6,12,14-15H,3,5,7-9H2,1-2H3/t12-,14-,15+/m1/s1. The number of aryl methyl sites for hydroxylation is 2. The monoisotopic (exact) mass is 319 g/mol. The van der Waals surface area contributed by atoms with Gasteiger partial charge < -0.3 is 9.26 Å². The molecule has 2 saturated heterocycles. The van der Waals surface area contributed by atoms with Gasteiger partial charge in [0, 0.05) is 30.2 Å². The number of aromatic nitrogens is 2. The van der Waals surface area contributed by atoms with E-state index in [1.807, 2.05) is 25.4 Å². The van der Waals surface area contributed by atoms with Crippen LogP contribution in [-0.2, 0) is 11.3 Å². The Labute approximate surface area is 134 Å². The average Bonchev–Trinajstić information content (AvgIpc) is 3.22. The van der Waals surface area contributed by atoms with E-state index < -0.39 is 0 Å². The van der Waals surface area contributed by atoms with Crippen LogP contribution in [0.15, 0.2) is 16.1 Å². The van der Waals surface area contributed by atoms with Crippen molar-refractivity contribution in [1.29, 1.82) is 0 Å². The SMILES string of the molecule is Cc1noc(C)c1CN1CC[C@@H]2C[C@H](c3nccs3)O[C@H]2C1. The summed E-state index contributed by atoms with van der Waals surface area (Å²) in [4.78, 5) is 6.89. The third-order valence-corrected chi connectivity index (χ3v) is 5.79. The predicted octanol–water partition coefficient (Wildman–Crippen LogP) is 3.10. The van der Waals surface area contributed by atoms with Crippen molar-refractivity contribution in [3.05, 3.63) is 33.6 Å². The molecule has 22 heavy (non-hydrogen) atoms. The third kappa shape index (κ3) is 2.59. The minimum absolute atomic E-state index is 0.203. The quantitative estimate of drug-likeness (QED) is 0.870. The number of hydrogen-bond acceptors (Lipinski definition) is 6. The van der Waals surface area contributed by atoms with Crippen molar-refractivity contribution >= 4 is 11.3 Å². The van der Waals surface area contributed by atoms with Crippen molar-refractivity contribution in [2.24, 2.45) is 5.92 Å². The van der Waals surface area contributed by atoms with E-state index >= 15 is 0 Å². The van der Waals surface area contributed by atoms with Crippen molar-refractivity contribution in [2.45, 2.75) is 45.4 Å². The second-order valence-corrected chi connectivity index (χ2v) is 7.28. The number of likely N-dealkylation sites (tertiary alicyclic amines) is 1. The van der Waals surface area contributed by atoms with E-state index in [1.54, 1.807) is 11.3 Å². The maximum absolute atomic E-state index is 6.29. The molecule has 2 aliphatic heterocycles. The first-order valence-electron chi connectivity index (χ1n) is 7.89. The molecular weight excluding hydrogens is 298 g/mol. The predicted molar refractivity (Wildman–Crippen MR) is 83.7 cm³/mol. The molecule has 2 aromatic rings. The summed E-state index contributed by atoms with van der Waals surface area (Å²) in [6.07, 6.45) is 4.74. The Kier molecular flexibility index (Phi) is 3.76. The molecule has 4 heterocycles. The Bertz CT molecular complexity index is 620. The van der Waals surface area contributed by atoms with Gasteiger partial charge in [-0.15, -0.1) is 11.3 Å². The Morgan fingerprint density at radius 3 is 3.05 bits per heavy atom. The van der Waals surface area contributed by atoms with Crippen molar-refractivity contribution in [3.63, 3.8) is 0 Å². The molecule has 5 nitrogen and oxygen atoms in total. The van der Waals surface area contributed by atoms with E-state index in [0.717, 1.165) is 42.5 Å². The first kappa shape index (κ1) is 14.4. The number of rotatable bonds is 3. The van der Waals surface area contributed by atoms with Gasteiger partial charge in [0.1, 0.15) is 16.9 Å². The van der Waals surface area contributed by atoms with Crippen LogP contribution in [0.4, 0.5) is 0 Å². The molecule has 0 spiro atoms. The van der Waals surface area contributed by atoms with Crippen LogP contribution in [0.25, 0.3) is 0 Å². The Morgan fingerprint density at radius 2 is 2.32 bits per heavy atom. The molecule has 4 rings (SSSR count). The highest BCUT2D eigenvalue weighted by molar-refractivity contribution is 7.09. The molecule has 0 bridgehead atoms. The fourth-order valence-corrected chi connectivity index (χ4v) is 4.33. The first-order valence-corrected chi connectivity index (χ1v) is 8.77. The molecule has 2 fully saturated rings. The first-order chi connectivity index (χ1) is 10.7. The van der Waals surface area contributed by atoms with E-state index in [4.69, 9.17) is 9.26 Å². The van der Waals surface area contributed by atoms with Gasteiger partial charge in [0.2, 0.25) is 0 Å². The Morgan fingerprint density at radius 1 is 1.41 bits per heavy atom. The lowest BCUT2D eigenvalue weighted by atomic mass is 9.91. The van der Waals surface area contributed by atoms with Crippen LogP contribution in [0.3, 0.4) is 0 Å². The van der Waals surface area contributed by atoms with Gasteiger partial charge in [0.05, 0.1) is 11.8 Å². The minimum atomic E-state index is 0.203. The fraction of sp³-hybridized carbons (Fsp3) is 0.625. The van der Waals surface area contributed by atoms with Gasteiger partial charge in [0.25, 0.3) is 0 Å². The summed E-state index contributed by atoms with van der Waals surface area (Å²) in [7, 11) is 0. The van der Waals surface area contributed by atoms with Crippen molar-refractivity contribution in [1.82, 2.24) is 15.0 Å². The zero-order chi connectivity index (χ0) is 15.1. The highest BCUT2D eigenvalue weighted by Gasteiger charge is 2.40. The summed E-state index contributed by atoms with van der Waals surface area (Å²) in [5.41, 5.74) is 2.24. The number of fused-ring (bicyclic) bond motifs is 1. The van der Waals surface area contributed by atoms with Gasteiger partial charge in [-0.05, 0) is 39.2 Å². The second-order valence-electron chi connectivity index (χ2n) is 6.36. The molecule has 0 aliphatic carbocycles. The number of piperidine rings is 1. The zero-order valence-electron chi connectivity index (χ0n) is 13.0. The van der Waals surface area contributed by atoms with Crippen LogP contribution in [-0.4, -0.2) is 34.2 Å². The van der Waals surface area contributed by atoms with Gasteiger partial charge in [-0.3, -0.25) is 4.90 Å². The zero-order valence-corrected chi connectivity index (χ0v) is 13.8. The molecule has 6 heteroatoms. The maximum Gasteiger partial charge on any atom is 0.138 e. The van der Waals surface area contributed by atoms with Crippen LogP contribution in [0.5, 0.6) is 0 Å². The van der Waals surface area contributed by atoms with Gasteiger partial charge >= 0.3 is 0 Å². The molecule has 118 valence electrons. The molecule has 3 atom stereocenters. The van der Waals surface area contributed by atoms with E-state index in [2.05, 4.69) is 15.0 Å². The van der Waals surface area contributed by atoms with Crippen molar-refractivity contribution in [2.75, 3.05) is 13.1 Å². The number of nitrogens with zero attached hydrogens (tertiary/aromatic N) is 3. The van der Waals surface area contributed by atoms with Crippen LogP contribution in [0.1, 0.15) is 41.0 Å². The van der Waals surface area contributed by atoms with Gasteiger partial charge in [-0.1, -0.05) is 5.16 Å². The van der Waals surface area contributed by atoms with Gasteiger partial charge in [-0.25, -0.2) is 4.98 Å². The number of thiazole rings is 1.